The molecule has 0 bridgehead atoms. The van der Waals surface area contributed by atoms with E-state index in [-0.39, 0.29) is 17.2 Å². The number of nitrogens with zero attached hydrogens (tertiary/aromatic N) is 4. The van der Waals surface area contributed by atoms with Crippen LogP contribution in [0.5, 0.6) is 11.6 Å². The molecule has 2 aromatic carbocycles. The van der Waals surface area contributed by atoms with Crippen molar-refractivity contribution in [1.82, 2.24) is 20.3 Å². The van der Waals surface area contributed by atoms with Gasteiger partial charge < -0.3 is 20.1 Å². The highest BCUT2D eigenvalue weighted by molar-refractivity contribution is 7.99. The average molecular weight is 616 g/mol. The van der Waals surface area contributed by atoms with Crippen LogP contribution in [0.3, 0.4) is 0 Å². The van der Waals surface area contributed by atoms with Crippen molar-refractivity contribution in [2.24, 2.45) is 0 Å². The van der Waals surface area contributed by atoms with E-state index in [2.05, 4.69) is 30.3 Å². The van der Waals surface area contributed by atoms with Crippen LogP contribution in [0.4, 0.5) is 33.6 Å². The molecule has 43 heavy (non-hydrogen) atoms. The highest BCUT2D eigenvalue weighted by atomic mass is 32.2. The number of pyridine rings is 1. The van der Waals surface area contributed by atoms with Gasteiger partial charge in [0.05, 0.1) is 22.9 Å². The number of halogens is 5. The van der Waals surface area contributed by atoms with Crippen molar-refractivity contribution in [2.75, 3.05) is 30.2 Å². The fraction of sp³-hybridized carbons (Fsp3) is 0.241. The predicted molar refractivity (Wildman–Crippen MR) is 154 cm³/mol. The Hall–Kier alpha value is -4.48. The molecule has 0 aliphatic carbocycles. The van der Waals surface area contributed by atoms with Crippen LogP contribution in [0.1, 0.15) is 24.0 Å². The van der Waals surface area contributed by atoms with Crippen LogP contribution in [-0.2, 0) is 5.75 Å². The van der Waals surface area contributed by atoms with Gasteiger partial charge in [0.2, 0.25) is 17.6 Å². The Balaban J connectivity index is 0.000000530. The zero-order chi connectivity index (χ0) is 30.8. The van der Waals surface area contributed by atoms with E-state index < -0.39 is 40.9 Å². The molecule has 1 aliphatic heterocycles. The number of nitrogens with one attached hydrogen (secondary N) is 3. The minimum Gasteiger partial charge on any atom is -0.435 e. The summed E-state index contributed by atoms with van der Waals surface area (Å²) < 4.78 is 77.6. The molecule has 1 fully saturated rings. The Morgan fingerprint density at radius 3 is 2.63 bits per heavy atom. The van der Waals surface area contributed by atoms with Crippen molar-refractivity contribution >= 4 is 23.6 Å². The number of alkyl halides is 1. The summed E-state index contributed by atoms with van der Waals surface area (Å²) in [6.07, 6.45) is 4.05. The number of hydrogen-bond acceptors (Lipinski definition) is 9. The van der Waals surface area contributed by atoms with Crippen LogP contribution in [0.25, 0.3) is 11.3 Å². The second-order valence-electron chi connectivity index (χ2n) is 9.08. The van der Waals surface area contributed by atoms with Gasteiger partial charge in [0, 0.05) is 37.8 Å². The summed E-state index contributed by atoms with van der Waals surface area (Å²) in [6, 6.07) is 10.9. The van der Waals surface area contributed by atoms with E-state index in [4.69, 9.17) is 10.00 Å². The predicted octanol–water partition coefficient (Wildman–Crippen LogP) is 6.77. The molecule has 5 rings (SSSR count). The highest BCUT2D eigenvalue weighted by Gasteiger charge is 2.22. The van der Waals surface area contributed by atoms with E-state index >= 15 is 0 Å². The lowest BCUT2D eigenvalue weighted by molar-refractivity contribution is 0.266. The molecular weight excluding hydrogens is 589 g/mol. The Morgan fingerprint density at radius 2 is 1.93 bits per heavy atom. The summed E-state index contributed by atoms with van der Waals surface area (Å²) >= 11 is 0.801. The maximum absolute atomic E-state index is 14.8. The summed E-state index contributed by atoms with van der Waals surface area (Å²) in [5, 5.41) is 14.9. The van der Waals surface area contributed by atoms with E-state index in [0.717, 1.165) is 43.5 Å². The maximum Gasteiger partial charge on any atom is 0.228 e. The summed E-state index contributed by atoms with van der Waals surface area (Å²) in [5.74, 6) is -5.09. The van der Waals surface area contributed by atoms with Gasteiger partial charge in [-0.15, -0.1) is 0 Å². The van der Waals surface area contributed by atoms with Gasteiger partial charge in [-0.2, -0.15) is 9.65 Å². The lowest BCUT2D eigenvalue weighted by Crippen LogP contribution is -2.30. The number of rotatable bonds is 8. The van der Waals surface area contributed by atoms with Crippen molar-refractivity contribution in [3.05, 3.63) is 89.3 Å². The first-order chi connectivity index (χ1) is 20.8. The quantitative estimate of drug-likeness (QED) is 0.112. The van der Waals surface area contributed by atoms with Gasteiger partial charge in [-0.1, -0.05) is 6.07 Å². The van der Waals surface area contributed by atoms with Gasteiger partial charge in [-0.05, 0) is 67.2 Å². The third-order valence-corrected chi connectivity index (χ3v) is 6.89. The summed E-state index contributed by atoms with van der Waals surface area (Å²) in [7, 11) is 1.64. The molecule has 0 spiro atoms. The Morgan fingerprint density at radius 1 is 1.09 bits per heavy atom. The molecule has 4 aromatic rings. The maximum atomic E-state index is 14.8. The number of piperidine rings is 1. The van der Waals surface area contributed by atoms with E-state index in [1.54, 1.807) is 25.2 Å². The van der Waals surface area contributed by atoms with Crippen LogP contribution < -0.4 is 20.1 Å². The average Bonchev–Trinajstić information content (AvgIpc) is 3.03. The molecule has 3 heterocycles. The normalized spacial score (nSPS) is 14.2. The lowest BCUT2D eigenvalue weighted by atomic mass is 10.1. The SMILES string of the molecule is CNc1nccc(-c2cccnc2Oc2cc(F)c(NSCc3ccc(F)cc3C#N)c(F)c2F)n1.FC1CCCNC1. The first-order valence-corrected chi connectivity index (χ1v) is 14.0. The zero-order valence-corrected chi connectivity index (χ0v) is 23.6. The highest BCUT2D eigenvalue weighted by Crippen LogP contribution is 2.36. The number of aromatic nitrogens is 3. The number of anilines is 2. The topological polar surface area (TPSA) is 108 Å². The third-order valence-electron chi connectivity index (χ3n) is 6.09. The smallest absolute Gasteiger partial charge is 0.228 e. The minimum absolute atomic E-state index is 0.0623. The Bertz CT molecular complexity index is 1600. The van der Waals surface area contributed by atoms with E-state index in [0.29, 0.717) is 35.4 Å². The van der Waals surface area contributed by atoms with Crippen molar-refractivity contribution in [1.29, 1.82) is 5.26 Å². The molecule has 2 aromatic heterocycles. The van der Waals surface area contributed by atoms with Crippen LogP contribution >= 0.6 is 11.9 Å². The molecule has 1 unspecified atom stereocenters. The lowest BCUT2D eigenvalue weighted by Gasteiger charge is -2.14. The fourth-order valence-electron chi connectivity index (χ4n) is 3.92. The molecule has 224 valence electrons. The number of nitriles is 1. The van der Waals surface area contributed by atoms with Crippen LogP contribution in [0.15, 0.2) is 54.9 Å². The second-order valence-corrected chi connectivity index (χ2v) is 9.86. The molecule has 0 amide bonds. The molecule has 1 saturated heterocycles. The standard InChI is InChI=1S/C24H16F4N6OS.C5H10FN/c1-30-24-32-8-6-18(33-24)16-3-2-7-31-23(16)35-19-10-17(26)22(21(28)20(19)27)34-36-12-13-4-5-15(25)9-14(13)11-29;6-5-2-1-3-7-4-5/h2-10,34H,12H2,1H3,(H,30,32,33);5,7H,1-4H2. The minimum atomic E-state index is -1.51. The summed E-state index contributed by atoms with van der Waals surface area (Å²) in [5.41, 5.74) is 0.525. The number of ether oxygens (including phenoxy) is 1. The molecule has 8 nitrogen and oxygen atoms in total. The Kier molecular flexibility index (Phi) is 11.1. The van der Waals surface area contributed by atoms with Gasteiger partial charge in [0.1, 0.15) is 17.7 Å². The largest absolute Gasteiger partial charge is 0.435 e. The summed E-state index contributed by atoms with van der Waals surface area (Å²) in [6.45, 7) is 1.57. The Labute approximate surface area is 248 Å². The van der Waals surface area contributed by atoms with Crippen LogP contribution in [0, 0.1) is 34.6 Å². The van der Waals surface area contributed by atoms with Crippen LogP contribution in [0.2, 0.25) is 0 Å². The van der Waals surface area contributed by atoms with Crippen LogP contribution in [-0.4, -0.2) is 41.3 Å². The molecule has 0 radical (unpaired) electrons. The first kappa shape index (κ1) is 31.5. The van der Waals surface area contributed by atoms with Crippen molar-refractivity contribution in [3.63, 3.8) is 0 Å². The van der Waals surface area contributed by atoms with Gasteiger partial charge in [0.25, 0.3) is 0 Å². The molecule has 14 heteroatoms. The van der Waals surface area contributed by atoms with E-state index in [1.165, 1.54) is 18.5 Å². The summed E-state index contributed by atoms with van der Waals surface area (Å²) in [4.78, 5) is 12.3. The van der Waals surface area contributed by atoms with Crippen molar-refractivity contribution in [2.45, 2.75) is 24.8 Å². The van der Waals surface area contributed by atoms with Crippen molar-refractivity contribution in [3.8, 4) is 29.0 Å². The number of benzene rings is 2. The molecule has 3 N–H and O–H groups in total. The first-order valence-electron chi connectivity index (χ1n) is 13.0. The van der Waals surface area contributed by atoms with Gasteiger partial charge in [-0.3, -0.25) is 0 Å². The second kappa shape index (κ2) is 15.1. The molecular formula is C29H26F5N7OS. The third kappa shape index (κ3) is 8.30. The van der Waals surface area contributed by atoms with Gasteiger partial charge >= 0.3 is 0 Å². The van der Waals surface area contributed by atoms with Gasteiger partial charge in [-0.25, -0.2) is 32.5 Å². The zero-order valence-electron chi connectivity index (χ0n) is 22.8. The van der Waals surface area contributed by atoms with Crippen molar-refractivity contribution < 1.29 is 26.7 Å². The number of hydrogen-bond donors (Lipinski definition) is 3. The monoisotopic (exact) mass is 615 g/mol. The molecule has 1 atom stereocenters. The molecule has 0 saturated carbocycles. The van der Waals surface area contributed by atoms with E-state index in [1.807, 2.05) is 6.07 Å². The fourth-order valence-corrected chi connectivity index (χ4v) is 4.73. The molecule has 1 aliphatic rings. The van der Waals surface area contributed by atoms with E-state index in [9.17, 15) is 22.0 Å². The van der Waals surface area contributed by atoms with Gasteiger partial charge in [0.15, 0.2) is 17.4 Å².